The highest BCUT2D eigenvalue weighted by Gasteiger charge is 2.07. The van der Waals surface area contributed by atoms with Crippen molar-refractivity contribution in [3.05, 3.63) is 18.0 Å². The van der Waals surface area contributed by atoms with Gasteiger partial charge >= 0.3 is 0 Å². The van der Waals surface area contributed by atoms with Crippen LogP contribution in [0, 0.1) is 0 Å². The normalized spacial score (nSPS) is 10.9. The van der Waals surface area contributed by atoms with Gasteiger partial charge in [-0.25, -0.2) is 0 Å². The van der Waals surface area contributed by atoms with Crippen LogP contribution in [0.2, 0.25) is 0 Å². The molecule has 1 aromatic rings. The van der Waals surface area contributed by atoms with E-state index in [1.165, 1.54) is 5.69 Å². The van der Waals surface area contributed by atoms with Gasteiger partial charge in [0.1, 0.15) is 0 Å². The number of aryl methyl sites for hydroxylation is 1. The van der Waals surface area contributed by atoms with Crippen molar-refractivity contribution in [2.24, 2.45) is 7.05 Å². The van der Waals surface area contributed by atoms with Gasteiger partial charge in [-0.15, -0.1) is 0 Å². The first-order valence-electron chi connectivity index (χ1n) is 6.64. The summed E-state index contributed by atoms with van der Waals surface area (Å²) in [6, 6.07) is 2.29. The number of hydrogen-bond acceptors (Lipinski definition) is 3. The van der Waals surface area contributed by atoms with E-state index in [0.29, 0.717) is 12.6 Å². The van der Waals surface area contributed by atoms with Crippen LogP contribution < -0.4 is 10.6 Å². The standard InChI is InChI=1S/C13H24N4O/c1-4-11(5-2)16-13(18)10-14-8-6-12-7-9-15-17(12)3/h7,9,11,14H,4-6,8,10H2,1-3H3,(H,16,18). The third kappa shape index (κ3) is 4.87. The first-order valence-corrected chi connectivity index (χ1v) is 6.64. The van der Waals surface area contributed by atoms with Gasteiger partial charge in [0.2, 0.25) is 5.91 Å². The zero-order valence-electron chi connectivity index (χ0n) is 11.6. The zero-order chi connectivity index (χ0) is 13.4. The molecule has 0 aliphatic rings. The van der Waals surface area contributed by atoms with E-state index >= 15 is 0 Å². The summed E-state index contributed by atoms with van der Waals surface area (Å²) in [6.45, 7) is 5.35. The van der Waals surface area contributed by atoms with E-state index in [0.717, 1.165) is 25.8 Å². The molecule has 1 aromatic heterocycles. The topological polar surface area (TPSA) is 59.0 Å². The minimum atomic E-state index is 0.0775. The van der Waals surface area contributed by atoms with Gasteiger partial charge in [0.05, 0.1) is 6.54 Å². The molecule has 0 aliphatic carbocycles. The molecular formula is C13H24N4O. The molecule has 1 amide bonds. The Morgan fingerprint density at radius 1 is 1.44 bits per heavy atom. The number of hydrogen-bond donors (Lipinski definition) is 2. The van der Waals surface area contributed by atoms with Crippen LogP contribution in [0.3, 0.4) is 0 Å². The van der Waals surface area contributed by atoms with Gasteiger partial charge in [-0.2, -0.15) is 5.10 Å². The van der Waals surface area contributed by atoms with Crippen LogP contribution in [-0.2, 0) is 18.3 Å². The molecule has 0 spiro atoms. The van der Waals surface area contributed by atoms with Crippen molar-refractivity contribution in [3.63, 3.8) is 0 Å². The second kappa shape index (κ2) is 7.87. The smallest absolute Gasteiger partial charge is 0.234 e. The van der Waals surface area contributed by atoms with Crippen molar-refractivity contribution in [1.82, 2.24) is 20.4 Å². The number of amides is 1. The van der Waals surface area contributed by atoms with E-state index in [1.807, 2.05) is 17.8 Å². The van der Waals surface area contributed by atoms with Gasteiger partial charge in [-0.3, -0.25) is 9.48 Å². The van der Waals surface area contributed by atoms with Gasteiger partial charge in [0.25, 0.3) is 0 Å². The van der Waals surface area contributed by atoms with Crippen LogP contribution in [0.1, 0.15) is 32.4 Å². The van der Waals surface area contributed by atoms with Gasteiger partial charge in [0, 0.05) is 37.9 Å². The maximum atomic E-state index is 11.6. The van der Waals surface area contributed by atoms with Crippen molar-refractivity contribution >= 4 is 5.91 Å². The Hall–Kier alpha value is -1.36. The maximum absolute atomic E-state index is 11.6. The van der Waals surface area contributed by atoms with Crippen LogP contribution in [0.5, 0.6) is 0 Å². The number of carbonyl (C=O) groups excluding carboxylic acids is 1. The molecule has 0 saturated heterocycles. The molecular weight excluding hydrogens is 228 g/mol. The molecule has 0 aliphatic heterocycles. The fourth-order valence-corrected chi connectivity index (χ4v) is 1.84. The molecule has 2 N–H and O–H groups in total. The summed E-state index contributed by atoms with van der Waals surface area (Å²) in [5, 5.41) is 10.3. The number of aromatic nitrogens is 2. The predicted octanol–water partition coefficient (Wildman–Crippen LogP) is 0.857. The number of rotatable bonds is 8. The van der Waals surface area contributed by atoms with Gasteiger partial charge in [-0.1, -0.05) is 13.8 Å². The Balaban J connectivity index is 2.14. The molecule has 0 saturated carbocycles. The number of carbonyl (C=O) groups is 1. The molecule has 0 fully saturated rings. The van der Waals surface area contributed by atoms with Gasteiger partial charge < -0.3 is 10.6 Å². The van der Waals surface area contributed by atoms with E-state index in [4.69, 9.17) is 0 Å². The molecule has 102 valence electrons. The lowest BCUT2D eigenvalue weighted by Gasteiger charge is -2.14. The maximum Gasteiger partial charge on any atom is 0.234 e. The molecule has 0 bridgehead atoms. The van der Waals surface area contributed by atoms with Crippen molar-refractivity contribution in [1.29, 1.82) is 0 Å². The minimum Gasteiger partial charge on any atom is -0.352 e. The predicted molar refractivity (Wildman–Crippen MR) is 72.3 cm³/mol. The third-order valence-corrected chi connectivity index (χ3v) is 3.12. The average molecular weight is 252 g/mol. The van der Waals surface area contributed by atoms with Crippen molar-refractivity contribution < 1.29 is 4.79 Å². The fraction of sp³-hybridized carbons (Fsp3) is 0.692. The Labute approximate surface area is 109 Å². The number of nitrogens with one attached hydrogen (secondary N) is 2. The summed E-state index contributed by atoms with van der Waals surface area (Å²) in [4.78, 5) is 11.6. The molecule has 1 heterocycles. The Morgan fingerprint density at radius 2 is 2.17 bits per heavy atom. The van der Waals surface area contributed by atoms with Crippen molar-refractivity contribution in [2.45, 2.75) is 39.2 Å². The molecule has 0 unspecified atom stereocenters. The summed E-state index contributed by atoms with van der Waals surface area (Å²) in [6.07, 6.45) is 4.64. The summed E-state index contributed by atoms with van der Waals surface area (Å²) >= 11 is 0. The zero-order valence-corrected chi connectivity index (χ0v) is 11.6. The van der Waals surface area contributed by atoms with Crippen LogP contribution in [0.25, 0.3) is 0 Å². The molecule has 5 heteroatoms. The fourth-order valence-electron chi connectivity index (χ4n) is 1.84. The molecule has 0 atom stereocenters. The summed E-state index contributed by atoms with van der Waals surface area (Å²) in [5.74, 6) is 0.0775. The summed E-state index contributed by atoms with van der Waals surface area (Å²) in [7, 11) is 1.93. The second-order valence-electron chi connectivity index (χ2n) is 4.45. The van der Waals surface area contributed by atoms with E-state index in [1.54, 1.807) is 6.20 Å². The molecule has 18 heavy (non-hydrogen) atoms. The molecule has 1 rings (SSSR count). The first kappa shape index (κ1) is 14.7. The summed E-state index contributed by atoms with van der Waals surface area (Å²) in [5.41, 5.74) is 1.17. The van der Waals surface area contributed by atoms with E-state index in [-0.39, 0.29) is 5.91 Å². The largest absolute Gasteiger partial charge is 0.352 e. The van der Waals surface area contributed by atoms with Gasteiger partial charge in [0.15, 0.2) is 0 Å². The van der Waals surface area contributed by atoms with E-state index in [2.05, 4.69) is 29.6 Å². The van der Waals surface area contributed by atoms with Crippen LogP contribution in [0.15, 0.2) is 12.3 Å². The van der Waals surface area contributed by atoms with E-state index < -0.39 is 0 Å². The van der Waals surface area contributed by atoms with Crippen molar-refractivity contribution in [3.8, 4) is 0 Å². The molecule has 0 aromatic carbocycles. The monoisotopic (exact) mass is 252 g/mol. The highest BCUT2D eigenvalue weighted by molar-refractivity contribution is 5.78. The third-order valence-electron chi connectivity index (χ3n) is 3.12. The minimum absolute atomic E-state index is 0.0775. The average Bonchev–Trinajstić information content (AvgIpc) is 2.77. The van der Waals surface area contributed by atoms with Crippen molar-refractivity contribution in [2.75, 3.05) is 13.1 Å². The Kier molecular flexibility index (Phi) is 6.43. The lowest BCUT2D eigenvalue weighted by Crippen LogP contribution is -2.40. The Bertz CT molecular complexity index is 358. The SMILES string of the molecule is CCC(CC)NC(=O)CNCCc1ccnn1C. The second-order valence-corrected chi connectivity index (χ2v) is 4.45. The number of nitrogens with zero attached hydrogens (tertiary/aromatic N) is 2. The first-order chi connectivity index (χ1) is 8.67. The highest BCUT2D eigenvalue weighted by atomic mass is 16.1. The lowest BCUT2D eigenvalue weighted by atomic mass is 10.2. The highest BCUT2D eigenvalue weighted by Crippen LogP contribution is 1.96. The van der Waals surface area contributed by atoms with Crippen LogP contribution in [-0.4, -0.2) is 34.8 Å². The Morgan fingerprint density at radius 3 is 2.72 bits per heavy atom. The van der Waals surface area contributed by atoms with Gasteiger partial charge in [-0.05, 0) is 18.9 Å². The van der Waals surface area contributed by atoms with Crippen LogP contribution in [0.4, 0.5) is 0 Å². The van der Waals surface area contributed by atoms with E-state index in [9.17, 15) is 4.79 Å². The molecule has 5 nitrogen and oxygen atoms in total. The lowest BCUT2D eigenvalue weighted by molar-refractivity contribution is -0.121. The molecule has 0 radical (unpaired) electrons. The van der Waals surface area contributed by atoms with Crippen LogP contribution >= 0.6 is 0 Å². The quantitative estimate of drug-likeness (QED) is 0.675. The summed E-state index contributed by atoms with van der Waals surface area (Å²) < 4.78 is 1.85.